The van der Waals surface area contributed by atoms with Crippen LogP contribution >= 0.6 is 0 Å². The predicted molar refractivity (Wildman–Crippen MR) is 71.0 cm³/mol. The van der Waals surface area contributed by atoms with Crippen LogP contribution in [0.4, 0.5) is 0 Å². The second-order valence-corrected chi connectivity index (χ2v) is 2.81. The zero-order valence-electron chi connectivity index (χ0n) is 14.1. The van der Waals surface area contributed by atoms with Gasteiger partial charge in [-0.1, -0.05) is 6.92 Å². The molecule has 0 atom stereocenters. The Morgan fingerprint density at radius 2 is 0.739 bits per heavy atom. The van der Waals surface area contributed by atoms with E-state index in [1.54, 1.807) is 0 Å². The maximum atomic E-state index is 8.68. The van der Waals surface area contributed by atoms with Crippen LogP contribution in [-0.4, -0.2) is 30.7 Å². The van der Waals surface area contributed by atoms with Gasteiger partial charge in [0.05, 0.1) is 26.2 Å². The van der Waals surface area contributed by atoms with Crippen molar-refractivity contribution in [3.63, 3.8) is 0 Å². The van der Waals surface area contributed by atoms with Gasteiger partial charge in [0.25, 0.3) is 0 Å². The van der Waals surface area contributed by atoms with Gasteiger partial charge in [0.2, 0.25) is 0 Å². The van der Waals surface area contributed by atoms with E-state index in [0.29, 0.717) is 0 Å². The van der Waals surface area contributed by atoms with Crippen molar-refractivity contribution >= 4 is 0 Å². The van der Waals surface area contributed by atoms with Gasteiger partial charge in [-0.2, -0.15) is 0 Å². The van der Waals surface area contributed by atoms with Gasteiger partial charge in [0.15, 0.2) is 0 Å². The van der Waals surface area contributed by atoms with Gasteiger partial charge in [-0.25, -0.2) is 0 Å². The van der Waals surface area contributed by atoms with E-state index >= 15 is 0 Å². The molecule has 0 aromatic rings. The van der Waals surface area contributed by atoms with Crippen LogP contribution in [0.3, 0.4) is 0 Å². The standard InChI is InChI=1S/C8H20N.C2H3O.5CO.W/c1-5-9(6-2,7-3)8-4;1-2-3;5*1-2;/h5-8H2,1-4H3;1H3;;;;;;/q+1;-1;;;;;;. The molecule has 0 aliphatic rings. The summed E-state index contributed by atoms with van der Waals surface area (Å²) >= 11 is 0. The van der Waals surface area contributed by atoms with Gasteiger partial charge >= 0.3 is 56.5 Å². The predicted octanol–water partition coefficient (Wildman–Crippen LogP) is 1.10. The van der Waals surface area contributed by atoms with Crippen LogP contribution in [-0.2, 0) is 44.3 Å². The monoisotopic (exact) mass is 497 g/mol. The van der Waals surface area contributed by atoms with Gasteiger partial charge in [-0.05, 0) is 27.7 Å². The topological polar surface area (TPSA) is 123 Å². The van der Waals surface area contributed by atoms with Crippen LogP contribution in [0.2, 0.25) is 0 Å². The average Bonchev–Trinajstić information content (AvgIpc) is 2.66. The molecular formula is C15H23NO6W. The molecule has 0 saturated carbocycles. The third-order valence-corrected chi connectivity index (χ3v) is 2.68. The molecule has 0 saturated heterocycles. The van der Waals surface area contributed by atoms with Gasteiger partial charge in [0, 0.05) is 21.1 Å². The summed E-state index contributed by atoms with van der Waals surface area (Å²) in [5, 5.41) is 8.68. The zero-order chi connectivity index (χ0) is 20.0. The van der Waals surface area contributed by atoms with Crippen LogP contribution < -0.4 is 5.11 Å². The summed E-state index contributed by atoms with van der Waals surface area (Å²) in [5.74, 6) is 0. The molecule has 0 heterocycles. The zero-order valence-corrected chi connectivity index (χ0v) is 17.1. The number of rotatable bonds is 4. The SMILES string of the molecule is CC[N+](CC)(CC)CC.C[C][O-].[C-]#[O+].[C-]#[O+].[C-]#[O+].[C-]#[O+].[C-]#[O+].[W]. The summed E-state index contributed by atoms with van der Waals surface area (Å²) in [4.78, 5) is 0. The summed E-state index contributed by atoms with van der Waals surface area (Å²) in [6, 6.07) is 0. The minimum Gasteiger partial charge on any atom is 0 e. The molecule has 0 aromatic carbocycles. The van der Waals surface area contributed by atoms with Crippen LogP contribution in [0.25, 0.3) is 0 Å². The van der Waals surface area contributed by atoms with E-state index in [2.05, 4.69) is 60.9 Å². The van der Waals surface area contributed by atoms with E-state index < -0.39 is 0 Å². The summed E-state index contributed by atoms with van der Waals surface area (Å²) in [5.41, 5.74) is 0. The average molecular weight is 497 g/mol. The van der Waals surface area contributed by atoms with Crippen molar-refractivity contribution in [3.05, 3.63) is 39.9 Å². The number of hydrogen-bond donors (Lipinski definition) is 0. The van der Waals surface area contributed by atoms with Gasteiger partial charge in [-0.3, -0.25) is 0 Å². The maximum absolute atomic E-state index is 8.68. The van der Waals surface area contributed by atoms with Crippen molar-refractivity contribution in [2.45, 2.75) is 34.6 Å². The largest absolute Gasteiger partial charge is 0 e. The maximum Gasteiger partial charge on any atom is 0 e. The fourth-order valence-electron chi connectivity index (χ4n) is 1.34. The van der Waals surface area contributed by atoms with Gasteiger partial charge in [-0.15, -0.1) is 6.61 Å². The first-order chi connectivity index (χ1) is 10.7. The molecular weight excluding hydrogens is 474 g/mol. The molecule has 0 fully saturated rings. The van der Waals surface area contributed by atoms with Gasteiger partial charge < -0.3 is 9.59 Å². The molecule has 130 valence electrons. The van der Waals surface area contributed by atoms with Crippen LogP contribution in [0.15, 0.2) is 0 Å². The van der Waals surface area contributed by atoms with Crippen LogP contribution in [0, 0.1) is 39.9 Å². The van der Waals surface area contributed by atoms with Crippen molar-refractivity contribution in [2.75, 3.05) is 26.2 Å². The molecule has 0 aliphatic heterocycles. The fraction of sp³-hybridized carbons (Fsp3) is 0.600. The minimum absolute atomic E-state index is 0. The number of quaternary nitrogens is 1. The second-order valence-electron chi connectivity index (χ2n) is 2.81. The minimum atomic E-state index is 0. The third kappa shape index (κ3) is 62.1. The Bertz CT molecular complexity index is 192. The summed E-state index contributed by atoms with van der Waals surface area (Å²) < 4.78 is 38.8. The van der Waals surface area contributed by atoms with Crippen LogP contribution in [0.5, 0.6) is 0 Å². The van der Waals surface area contributed by atoms with Gasteiger partial charge in [0.1, 0.15) is 0 Å². The molecule has 7 nitrogen and oxygen atoms in total. The van der Waals surface area contributed by atoms with E-state index in [1.807, 2.05) is 0 Å². The van der Waals surface area contributed by atoms with Crippen LogP contribution in [0.1, 0.15) is 34.6 Å². The van der Waals surface area contributed by atoms with E-state index in [4.69, 9.17) is 28.4 Å². The van der Waals surface area contributed by atoms with E-state index in [0.717, 1.165) is 0 Å². The first kappa shape index (κ1) is 49.5. The molecule has 0 amide bonds. The van der Waals surface area contributed by atoms with Crippen molar-refractivity contribution in [3.8, 4) is 0 Å². The van der Waals surface area contributed by atoms with E-state index in [-0.39, 0.29) is 21.1 Å². The fourth-order valence-corrected chi connectivity index (χ4v) is 1.34. The molecule has 23 heavy (non-hydrogen) atoms. The Labute approximate surface area is 154 Å². The summed E-state index contributed by atoms with van der Waals surface area (Å²) in [7, 11) is 0. The van der Waals surface area contributed by atoms with E-state index in [1.165, 1.54) is 44.2 Å². The Kier molecular flexibility index (Phi) is 178. The number of hydrogen-bond acceptors (Lipinski definition) is 1. The summed E-state index contributed by atoms with van der Waals surface area (Å²) in [6.45, 7) is 39.5. The normalized spacial score (nSPS) is 5.91. The Morgan fingerprint density at radius 3 is 0.739 bits per heavy atom. The van der Waals surface area contributed by atoms with Crippen molar-refractivity contribution in [1.29, 1.82) is 0 Å². The second kappa shape index (κ2) is 82.7. The number of nitrogens with zero attached hydrogens (tertiary/aromatic N) is 1. The summed E-state index contributed by atoms with van der Waals surface area (Å²) in [6.07, 6.45) is 0. The molecule has 8 heteroatoms. The molecule has 0 rings (SSSR count). The molecule has 0 aromatic heterocycles. The molecule has 2 radical (unpaired) electrons. The Balaban J connectivity index is -0.0000000227. The first-order valence-electron chi connectivity index (χ1n) is 5.82. The molecule has 0 bridgehead atoms. The first-order valence-corrected chi connectivity index (χ1v) is 5.82. The molecule has 0 unspecified atom stereocenters. The molecule has 0 N–H and O–H groups in total. The van der Waals surface area contributed by atoms with Crippen molar-refractivity contribution in [2.24, 2.45) is 0 Å². The quantitative estimate of drug-likeness (QED) is 0.323. The van der Waals surface area contributed by atoms with Crippen molar-refractivity contribution < 1.29 is 53.9 Å². The smallest absolute Gasteiger partial charge is 0 e. The van der Waals surface area contributed by atoms with E-state index in [9.17, 15) is 0 Å². The Morgan fingerprint density at radius 1 is 0.652 bits per heavy atom. The third-order valence-electron chi connectivity index (χ3n) is 2.68. The Hall–Kier alpha value is -0.692. The molecule has 0 spiro atoms. The molecule has 0 aliphatic carbocycles. The van der Waals surface area contributed by atoms with Crippen molar-refractivity contribution in [1.82, 2.24) is 0 Å².